The van der Waals surface area contributed by atoms with E-state index in [-0.39, 0.29) is 39.4 Å². The number of fused-ring (bicyclic) bond motifs is 1. The minimum Gasteiger partial charge on any atom is -0.464 e. The zero-order valence-corrected chi connectivity index (χ0v) is 19.8. The number of carbonyl (C=O) groups is 2. The summed E-state index contributed by atoms with van der Waals surface area (Å²) in [5.74, 6) is -0.273. The third-order valence-electron chi connectivity index (χ3n) is 5.60. The van der Waals surface area contributed by atoms with E-state index >= 15 is 0 Å². The summed E-state index contributed by atoms with van der Waals surface area (Å²) in [7, 11) is 0. The minimum atomic E-state index is -4.83. The van der Waals surface area contributed by atoms with Gasteiger partial charge in [0.1, 0.15) is 11.5 Å². The molecule has 0 atom stereocenters. The molecule has 1 amide bonds. The van der Waals surface area contributed by atoms with Crippen molar-refractivity contribution in [3.8, 4) is 22.6 Å². The molecule has 37 heavy (non-hydrogen) atoms. The van der Waals surface area contributed by atoms with Crippen LogP contribution in [0.15, 0.2) is 60.9 Å². The summed E-state index contributed by atoms with van der Waals surface area (Å²) in [5, 5.41) is 13.1. The number of pyridine rings is 1. The predicted molar refractivity (Wildman–Crippen MR) is 131 cm³/mol. The molecular weight excluding hydrogens is 489 g/mol. The van der Waals surface area contributed by atoms with Crippen molar-refractivity contribution < 1.29 is 32.6 Å². The molecule has 4 aromatic rings. The molecule has 192 valence electrons. The van der Waals surface area contributed by atoms with Crippen LogP contribution in [-0.2, 0) is 12.7 Å². The second kappa shape index (κ2) is 9.94. The molecule has 8 nitrogen and oxygen atoms in total. The smallest absolute Gasteiger partial charge is 0.417 e. The van der Waals surface area contributed by atoms with E-state index in [0.29, 0.717) is 18.4 Å². The van der Waals surface area contributed by atoms with Crippen molar-refractivity contribution in [2.45, 2.75) is 32.6 Å². The first kappa shape index (κ1) is 25.7. The number of rotatable bonds is 7. The lowest BCUT2D eigenvalue weighted by Gasteiger charge is -2.14. The fourth-order valence-corrected chi connectivity index (χ4v) is 3.87. The van der Waals surface area contributed by atoms with Crippen LogP contribution in [0.25, 0.3) is 22.0 Å². The predicted octanol–water partition coefficient (Wildman–Crippen LogP) is 5.64. The molecule has 0 aliphatic heterocycles. The van der Waals surface area contributed by atoms with Gasteiger partial charge in [-0.3, -0.25) is 14.3 Å². The summed E-state index contributed by atoms with van der Waals surface area (Å²) < 4.78 is 48.6. The molecule has 0 unspecified atom stereocenters. The number of nitrogens with one attached hydrogen (secondary N) is 1. The molecule has 2 aromatic heterocycles. The molecule has 4 rings (SSSR count). The van der Waals surface area contributed by atoms with Crippen LogP contribution in [0.1, 0.15) is 35.5 Å². The van der Waals surface area contributed by atoms with Crippen molar-refractivity contribution in [3.05, 3.63) is 77.7 Å². The number of primary amides is 1. The number of ether oxygens (including phenoxy) is 1. The number of amides is 1. The van der Waals surface area contributed by atoms with Crippen LogP contribution in [0.5, 0.6) is 11.5 Å². The molecule has 0 radical (unpaired) electrons. The molecule has 0 aliphatic carbocycles. The molecule has 0 spiro atoms. The van der Waals surface area contributed by atoms with Gasteiger partial charge in [-0.2, -0.15) is 13.2 Å². The van der Waals surface area contributed by atoms with Crippen molar-refractivity contribution in [3.63, 3.8) is 0 Å². The number of hydrogen-bond donors (Lipinski definition) is 3. The molecule has 11 heteroatoms. The average molecular weight is 512 g/mol. The first-order valence-corrected chi connectivity index (χ1v) is 11.2. The van der Waals surface area contributed by atoms with E-state index < -0.39 is 23.7 Å². The zero-order valence-electron chi connectivity index (χ0n) is 19.8. The summed E-state index contributed by atoms with van der Waals surface area (Å²) in [6.45, 7) is 4.52. The number of carboxylic acid groups (broad SMARTS) is 1. The van der Waals surface area contributed by atoms with E-state index in [4.69, 9.17) is 10.5 Å². The number of alkyl halides is 3. The topological polar surface area (TPSA) is 119 Å². The van der Waals surface area contributed by atoms with E-state index in [1.165, 1.54) is 24.3 Å². The molecule has 0 saturated heterocycles. The summed E-state index contributed by atoms with van der Waals surface area (Å²) in [6, 6.07) is 11.0. The van der Waals surface area contributed by atoms with Crippen LogP contribution in [0.2, 0.25) is 0 Å². The lowest BCUT2D eigenvalue weighted by molar-refractivity contribution is -0.137. The Balaban J connectivity index is 1.82. The molecule has 0 aliphatic rings. The molecule has 2 heterocycles. The maximum Gasteiger partial charge on any atom is 0.417 e. The van der Waals surface area contributed by atoms with Crippen LogP contribution >= 0.6 is 0 Å². The number of aromatic nitrogens is 2. The largest absolute Gasteiger partial charge is 0.464 e. The van der Waals surface area contributed by atoms with Crippen LogP contribution in [0.3, 0.4) is 0 Å². The molecule has 2 aromatic carbocycles. The fourth-order valence-electron chi connectivity index (χ4n) is 3.87. The van der Waals surface area contributed by atoms with Crippen molar-refractivity contribution in [1.29, 1.82) is 0 Å². The summed E-state index contributed by atoms with van der Waals surface area (Å²) >= 11 is 0. The highest BCUT2D eigenvalue weighted by Crippen LogP contribution is 2.42. The van der Waals surface area contributed by atoms with Crippen LogP contribution in [-0.4, -0.2) is 32.7 Å². The SMILES string of the molecule is CC(C)NCc1cc(Oc2ccc3c(c2)c(-c2ccc(C(N)=O)cc2C(F)(F)F)cn3C(=O)O)ccn1. The van der Waals surface area contributed by atoms with Gasteiger partial charge >= 0.3 is 12.3 Å². The first-order valence-electron chi connectivity index (χ1n) is 11.2. The van der Waals surface area contributed by atoms with E-state index in [1.807, 2.05) is 13.8 Å². The van der Waals surface area contributed by atoms with Gasteiger partial charge in [-0.1, -0.05) is 19.9 Å². The third kappa shape index (κ3) is 5.56. The Hall–Kier alpha value is -4.38. The van der Waals surface area contributed by atoms with Gasteiger partial charge in [-0.05, 0) is 42.0 Å². The molecule has 4 N–H and O–H groups in total. The second-order valence-corrected chi connectivity index (χ2v) is 8.62. The summed E-state index contributed by atoms with van der Waals surface area (Å²) in [5.41, 5.74) is 4.34. The number of nitrogens with zero attached hydrogens (tertiary/aromatic N) is 2. The first-order chi connectivity index (χ1) is 17.4. The zero-order chi connectivity index (χ0) is 26.9. The van der Waals surface area contributed by atoms with Crippen LogP contribution in [0.4, 0.5) is 18.0 Å². The Morgan fingerprint density at radius 3 is 2.46 bits per heavy atom. The Bertz CT molecular complexity index is 1500. The Kier molecular flexibility index (Phi) is 6.90. The fraction of sp³-hybridized carbons (Fsp3) is 0.192. The number of halogens is 3. The molecule has 0 fully saturated rings. The summed E-state index contributed by atoms with van der Waals surface area (Å²) in [6.07, 6.45) is -3.52. The maximum absolute atomic E-state index is 13.9. The van der Waals surface area contributed by atoms with Crippen molar-refractivity contribution in [1.82, 2.24) is 14.9 Å². The quantitative estimate of drug-likeness (QED) is 0.295. The van der Waals surface area contributed by atoms with Crippen molar-refractivity contribution in [2.75, 3.05) is 0 Å². The minimum absolute atomic E-state index is 0.00254. The number of carbonyl (C=O) groups excluding carboxylic acids is 1. The Morgan fingerprint density at radius 2 is 1.81 bits per heavy atom. The highest BCUT2D eigenvalue weighted by molar-refractivity contribution is 6.02. The normalized spacial score (nSPS) is 11.7. The maximum atomic E-state index is 13.9. The van der Waals surface area contributed by atoms with E-state index in [9.17, 15) is 27.9 Å². The second-order valence-electron chi connectivity index (χ2n) is 8.62. The van der Waals surface area contributed by atoms with Crippen LogP contribution in [0, 0.1) is 0 Å². The van der Waals surface area contributed by atoms with E-state index in [0.717, 1.165) is 22.5 Å². The van der Waals surface area contributed by atoms with Gasteiger partial charge in [0.2, 0.25) is 5.91 Å². The Morgan fingerprint density at radius 1 is 1.08 bits per heavy atom. The van der Waals surface area contributed by atoms with Gasteiger partial charge < -0.3 is 20.9 Å². The third-order valence-corrected chi connectivity index (χ3v) is 5.60. The summed E-state index contributed by atoms with van der Waals surface area (Å²) in [4.78, 5) is 27.6. The van der Waals surface area contributed by atoms with E-state index in [1.54, 1.807) is 18.3 Å². The average Bonchev–Trinajstić information content (AvgIpc) is 3.21. The molecule has 0 saturated carbocycles. The number of hydrogen-bond acceptors (Lipinski definition) is 5. The van der Waals surface area contributed by atoms with Gasteiger partial charge in [0, 0.05) is 47.6 Å². The lowest BCUT2D eigenvalue weighted by Crippen LogP contribution is -2.22. The number of benzene rings is 2. The highest BCUT2D eigenvalue weighted by Gasteiger charge is 2.35. The highest BCUT2D eigenvalue weighted by atomic mass is 19.4. The van der Waals surface area contributed by atoms with Gasteiger partial charge in [-0.25, -0.2) is 4.79 Å². The molecule has 0 bridgehead atoms. The number of nitrogens with two attached hydrogens (primary N) is 1. The van der Waals surface area contributed by atoms with Crippen LogP contribution < -0.4 is 15.8 Å². The Labute approximate surface area is 209 Å². The van der Waals surface area contributed by atoms with E-state index in [2.05, 4.69) is 10.3 Å². The van der Waals surface area contributed by atoms with Gasteiger partial charge in [0.15, 0.2) is 0 Å². The van der Waals surface area contributed by atoms with Gasteiger partial charge in [0.05, 0.1) is 16.8 Å². The lowest BCUT2D eigenvalue weighted by atomic mass is 9.96. The van der Waals surface area contributed by atoms with Crippen molar-refractivity contribution in [2.24, 2.45) is 5.73 Å². The molecular formula is C26H23F3N4O4. The van der Waals surface area contributed by atoms with Crippen molar-refractivity contribution >= 4 is 22.9 Å². The van der Waals surface area contributed by atoms with Gasteiger partial charge in [0.25, 0.3) is 0 Å². The monoisotopic (exact) mass is 512 g/mol. The van der Waals surface area contributed by atoms with Gasteiger partial charge in [-0.15, -0.1) is 0 Å². The standard InChI is InChI=1S/C26H23F3N4O4/c1-14(2)32-12-16-10-18(7-8-31-16)37-17-4-6-23-20(11-17)21(13-33(23)25(35)36)19-5-3-15(24(30)34)9-22(19)26(27,28)29/h3-11,13-14,32H,12H2,1-2H3,(H2,30,34)(H,35,36).